The monoisotopic (exact) mass is 270 g/mol. The molecule has 1 aliphatic rings. The van der Waals surface area contributed by atoms with Crippen LogP contribution >= 0.6 is 0 Å². The van der Waals surface area contributed by atoms with Crippen LogP contribution < -0.4 is 5.32 Å². The molecule has 2 N–H and O–H groups in total. The Morgan fingerprint density at radius 2 is 2.05 bits per heavy atom. The van der Waals surface area contributed by atoms with Crippen molar-refractivity contribution in [1.82, 2.24) is 10.2 Å². The van der Waals surface area contributed by atoms with E-state index in [9.17, 15) is 9.90 Å². The van der Waals surface area contributed by atoms with E-state index in [4.69, 9.17) is 0 Å². The quantitative estimate of drug-likeness (QED) is 0.729. The van der Waals surface area contributed by atoms with E-state index in [0.717, 1.165) is 38.6 Å². The topological polar surface area (TPSA) is 52.6 Å². The lowest BCUT2D eigenvalue weighted by atomic mass is 9.83. The molecule has 2 amide bonds. The Morgan fingerprint density at radius 3 is 2.63 bits per heavy atom. The molecule has 19 heavy (non-hydrogen) atoms. The van der Waals surface area contributed by atoms with Crippen LogP contribution in [0.25, 0.3) is 0 Å². The summed E-state index contributed by atoms with van der Waals surface area (Å²) in [5.41, 5.74) is 0. The summed E-state index contributed by atoms with van der Waals surface area (Å²) in [6.45, 7) is 7.51. The number of carbonyl (C=O) groups excluding carboxylic acids is 1. The first-order valence-electron chi connectivity index (χ1n) is 7.78. The molecule has 1 aliphatic carbocycles. The highest BCUT2D eigenvalue weighted by atomic mass is 16.3. The van der Waals surface area contributed by atoms with Gasteiger partial charge in [-0.25, -0.2) is 4.79 Å². The zero-order valence-electron chi connectivity index (χ0n) is 12.7. The summed E-state index contributed by atoms with van der Waals surface area (Å²) in [7, 11) is 0. The maximum Gasteiger partial charge on any atom is 0.317 e. The summed E-state index contributed by atoms with van der Waals surface area (Å²) in [5.74, 6) is 0.443. The van der Waals surface area contributed by atoms with E-state index < -0.39 is 0 Å². The number of hydrogen-bond donors (Lipinski definition) is 2. The molecular weight excluding hydrogens is 240 g/mol. The highest BCUT2D eigenvalue weighted by Gasteiger charge is 2.22. The number of rotatable bonds is 6. The van der Waals surface area contributed by atoms with Gasteiger partial charge in [0, 0.05) is 19.1 Å². The van der Waals surface area contributed by atoms with Crippen LogP contribution in [0.4, 0.5) is 4.79 Å². The van der Waals surface area contributed by atoms with Crippen LogP contribution in [-0.2, 0) is 0 Å². The first-order chi connectivity index (χ1) is 9.06. The molecule has 4 heteroatoms. The summed E-state index contributed by atoms with van der Waals surface area (Å²) < 4.78 is 0. The predicted octanol–water partition coefficient (Wildman–Crippen LogP) is 2.76. The normalized spacial score (nSPS) is 23.4. The summed E-state index contributed by atoms with van der Waals surface area (Å²) in [6, 6.07) is 0.270. The number of nitrogens with zero attached hydrogens (tertiary/aromatic N) is 1. The third kappa shape index (κ3) is 5.39. The summed E-state index contributed by atoms with van der Waals surface area (Å²) >= 11 is 0. The molecule has 0 bridgehead atoms. The third-order valence-electron chi connectivity index (χ3n) is 4.12. The van der Waals surface area contributed by atoms with E-state index in [1.54, 1.807) is 0 Å². The predicted molar refractivity (Wildman–Crippen MR) is 78.1 cm³/mol. The van der Waals surface area contributed by atoms with Crippen LogP contribution in [0, 0.1) is 5.92 Å². The largest absolute Gasteiger partial charge is 0.393 e. The number of aliphatic hydroxyl groups is 1. The molecule has 0 heterocycles. The lowest BCUT2D eigenvalue weighted by Crippen LogP contribution is -2.44. The van der Waals surface area contributed by atoms with Crippen molar-refractivity contribution in [2.24, 2.45) is 5.92 Å². The van der Waals surface area contributed by atoms with E-state index in [1.807, 2.05) is 25.7 Å². The zero-order valence-corrected chi connectivity index (χ0v) is 12.7. The van der Waals surface area contributed by atoms with E-state index in [0.29, 0.717) is 12.5 Å². The van der Waals surface area contributed by atoms with Crippen molar-refractivity contribution >= 4 is 6.03 Å². The molecule has 0 aromatic carbocycles. The maximum absolute atomic E-state index is 11.9. The Bertz CT molecular complexity index is 269. The second kappa shape index (κ2) is 8.41. The smallest absolute Gasteiger partial charge is 0.317 e. The molecule has 0 unspecified atom stereocenters. The second-order valence-corrected chi connectivity index (χ2v) is 5.87. The van der Waals surface area contributed by atoms with Crippen LogP contribution in [0.3, 0.4) is 0 Å². The van der Waals surface area contributed by atoms with Gasteiger partial charge in [-0.3, -0.25) is 0 Å². The Morgan fingerprint density at radius 1 is 1.37 bits per heavy atom. The molecule has 2 atom stereocenters. The molecular formula is C15H30N2O2. The molecule has 4 nitrogen and oxygen atoms in total. The van der Waals surface area contributed by atoms with E-state index in [1.165, 1.54) is 6.42 Å². The van der Waals surface area contributed by atoms with Crippen molar-refractivity contribution in [2.75, 3.05) is 13.1 Å². The van der Waals surface area contributed by atoms with Crippen LogP contribution in [0.1, 0.15) is 59.3 Å². The molecule has 0 aromatic heterocycles. The minimum Gasteiger partial charge on any atom is -0.393 e. The summed E-state index contributed by atoms with van der Waals surface area (Å²) in [6.07, 6.45) is 6.36. The van der Waals surface area contributed by atoms with Gasteiger partial charge in [0.2, 0.25) is 0 Å². The summed E-state index contributed by atoms with van der Waals surface area (Å²) in [5, 5.41) is 12.9. The van der Waals surface area contributed by atoms with Gasteiger partial charge >= 0.3 is 6.03 Å². The summed E-state index contributed by atoms with van der Waals surface area (Å²) in [4.78, 5) is 13.7. The van der Waals surface area contributed by atoms with E-state index >= 15 is 0 Å². The maximum atomic E-state index is 11.9. The highest BCUT2D eigenvalue weighted by molar-refractivity contribution is 5.74. The molecule has 0 aliphatic heterocycles. The van der Waals surface area contributed by atoms with Gasteiger partial charge in [-0.05, 0) is 52.4 Å². The van der Waals surface area contributed by atoms with Gasteiger partial charge in [0.1, 0.15) is 0 Å². The molecule has 0 saturated heterocycles. The molecule has 1 fully saturated rings. The fraction of sp³-hybridized carbons (Fsp3) is 0.933. The van der Waals surface area contributed by atoms with Gasteiger partial charge in [-0.15, -0.1) is 0 Å². The Hall–Kier alpha value is -0.770. The van der Waals surface area contributed by atoms with Crippen LogP contribution in [-0.4, -0.2) is 41.3 Å². The fourth-order valence-electron chi connectivity index (χ4n) is 2.93. The van der Waals surface area contributed by atoms with Crippen molar-refractivity contribution in [2.45, 2.75) is 71.4 Å². The van der Waals surface area contributed by atoms with Crippen LogP contribution in [0.2, 0.25) is 0 Å². The van der Waals surface area contributed by atoms with Crippen molar-refractivity contribution < 1.29 is 9.90 Å². The van der Waals surface area contributed by atoms with Gasteiger partial charge < -0.3 is 15.3 Å². The molecule has 0 radical (unpaired) electrons. The first kappa shape index (κ1) is 16.3. The minimum atomic E-state index is -0.118. The zero-order chi connectivity index (χ0) is 14.3. The van der Waals surface area contributed by atoms with Gasteiger partial charge in [0.25, 0.3) is 0 Å². The Labute approximate surface area is 117 Å². The van der Waals surface area contributed by atoms with E-state index in [-0.39, 0.29) is 18.2 Å². The van der Waals surface area contributed by atoms with Gasteiger partial charge in [-0.1, -0.05) is 12.8 Å². The van der Waals surface area contributed by atoms with Crippen LogP contribution in [0.5, 0.6) is 0 Å². The molecule has 0 aromatic rings. The lowest BCUT2D eigenvalue weighted by Gasteiger charge is -2.28. The van der Waals surface area contributed by atoms with Gasteiger partial charge in [0.15, 0.2) is 0 Å². The van der Waals surface area contributed by atoms with Crippen molar-refractivity contribution in [3.8, 4) is 0 Å². The standard InChI is InChI=1S/C15H30N2O2/c1-4-17(12(2)3)15(19)16-11-7-9-13-8-5-6-10-14(13)18/h12-14,18H,4-11H2,1-3H3,(H,16,19)/t13-,14+/m0/s1. The van der Waals surface area contributed by atoms with Crippen molar-refractivity contribution in [3.63, 3.8) is 0 Å². The van der Waals surface area contributed by atoms with E-state index in [2.05, 4.69) is 5.32 Å². The SMILES string of the molecule is CCN(C(=O)NCCC[C@@H]1CCCC[C@H]1O)C(C)C. The molecule has 112 valence electrons. The number of hydrogen-bond acceptors (Lipinski definition) is 2. The van der Waals surface area contributed by atoms with Gasteiger partial charge in [-0.2, -0.15) is 0 Å². The number of aliphatic hydroxyl groups excluding tert-OH is 1. The third-order valence-corrected chi connectivity index (χ3v) is 4.12. The van der Waals surface area contributed by atoms with Gasteiger partial charge in [0.05, 0.1) is 6.10 Å². The van der Waals surface area contributed by atoms with Crippen molar-refractivity contribution in [3.05, 3.63) is 0 Å². The molecule has 0 spiro atoms. The number of carbonyl (C=O) groups is 1. The number of amides is 2. The average Bonchev–Trinajstić information content (AvgIpc) is 2.37. The highest BCUT2D eigenvalue weighted by Crippen LogP contribution is 2.27. The van der Waals surface area contributed by atoms with Crippen molar-refractivity contribution in [1.29, 1.82) is 0 Å². The Kier molecular flexibility index (Phi) is 7.21. The molecule has 1 saturated carbocycles. The number of nitrogens with one attached hydrogen (secondary N) is 1. The second-order valence-electron chi connectivity index (χ2n) is 5.87. The Balaban J connectivity index is 2.17. The lowest BCUT2D eigenvalue weighted by molar-refractivity contribution is 0.0643. The average molecular weight is 270 g/mol. The molecule has 1 rings (SSSR count). The fourth-order valence-corrected chi connectivity index (χ4v) is 2.93. The minimum absolute atomic E-state index is 0.0293. The van der Waals surface area contributed by atoms with Crippen LogP contribution in [0.15, 0.2) is 0 Å². The number of urea groups is 1. The first-order valence-corrected chi connectivity index (χ1v) is 7.78.